The predicted octanol–water partition coefficient (Wildman–Crippen LogP) is 3.49. The Hall–Kier alpha value is -0.0800. The largest absolute Gasteiger partial charge is 0.369 e. The van der Waals surface area contributed by atoms with Crippen molar-refractivity contribution in [1.29, 1.82) is 0 Å². The van der Waals surface area contributed by atoms with Gasteiger partial charge >= 0.3 is 0 Å². The van der Waals surface area contributed by atoms with Gasteiger partial charge in [0.1, 0.15) is 0 Å². The second-order valence-corrected chi connectivity index (χ2v) is 7.64. The Labute approximate surface area is 106 Å². The molecule has 17 heavy (non-hydrogen) atoms. The summed E-state index contributed by atoms with van der Waals surface area (Å²) in [5, 5.41) is 0. The van der Waals surface area contributed by atoms with Crippen molar-refractivity contribution < 1.29 is 4.74 Å². The van der Waals surface area contributed by atoms with E-state index >= 15 is 0 Å². The van der Waals surface area contributed by atoms with Crippen LogP contribution >= 0.6 is 0 Å². The van der Waals surface area contributed by atoms with Crippen molar-refractivity contribution in [2.75, 3.05) is 0 Å². The molecule has 1 unspecified atom stereocenters. The molecule has 0 aromatic rings. The van der Waals surface area contributed by atoms with Crippen LogP contribution in [0.15, 0.2) is 0 Å². The maximum absolute atomic E-state index is 6.74. The number of nitrogens with two attached hydrogens (primary N) is 1. The lowest BCUT2D eigenvalue weighted by Crippen LogP contribution is -2.55. The SMILES string of the molecule is CC1CCC(N)(C2CC(C)(C)OC2(C)C)CC1. The van der Waals surface area contributed by atoms with Crippen LogP contribution in [-0.2, 0) is 4.74 Å². The Morgan fingerprint density at radius 2 is 1.59 bits per heavy atom. The molecule has 2 fully saturated rings. The Bertz CT molecular complexity index is 287. The number of hydrogen-bond donors (Lipinski definition) is 1. The fourth-order valence-corrected chi connectivity index (χ4v) is 4.11. The fraction of sp³-hybridized carbons (Fsp3) is 1.00. The van der Waals surface area contributed by atoms with Crippen molar-refractivity contribution in [2.24, 2.45) is 17.6 Å². The molecule has 1 heterocycles. The minimum absolute atomic E-state index is 0.00375. The molecule has 0 bridgehead atoms. The molecule has 2 rings (SSSR count). The summed E-state index contributed by atoms with van der Waals surface area (Å²) < 4.78 is 6.21. The normalized spacial score (nSPS) is 44.8. The van der Waals surface area contributed by atoms with Gasteiger partial charge in [0.15, 0.2) is 0 Å². The van der Waals surface area contributed by atoms with E-state index in [1.165, 1.54) is 25.7 Å². The maximum Gasteiger partial charge on any atom is 0.0680 e. The predicted molar refractivity (Wildman–Crippen MR) is 71.9 cm³/mol. The molecule has 0 amide bonds. The van der Waals surface area contributed by atoms with E-state index in [9.17, 15) is 0 Å². The first-order valence-corrected chi connectivity index (χ1v) is 7.14. The molecule has 0 aromatic heterocycles. The molecule has 2 aliphatic rings. The molecule has 1 saturated heterocycles. The molecule has 1 aliphatic heterocycles. The van der Waals surface area contributed by atoms with Crippen molar-refractivity contribution in [3.8, 4) is 0 Å². The molecule has 1 atom stereocenters. The van der Waals surface area contributed by atoms with Gasteiger partial charge < -0.3 is 10.5 Å². The average Bonchev–Trinajstić information content (AvgIpc) is 2.40. The van der Waals surface area contributed by atoms with Crippen molar-refractivity contribution in [1.82, 2.24) is 0 Å². The van der Waals surface area contributed by atoms with Crippen molar-refractivity contribution >= 4 is 0 Å². The standard InChI is InChI=1S/C15H29NO/c1-11-6-8-15(16,9-7-11)12-10-13(2,3)17-14(12,4)5/h11-12H,6-10,16H2,1-5H3. The molecule has 2 N–H and O–H groups in total. The highest BCUT2D eigenvalue weighted by Crippen LogP contribution is 2.50. The van der Waals surface area contributed by atoms with E-state index in [4.69, 9.17) is 10.5 Å². The van der Waals surface area contributed by atoms with E-state index < -0.39 is 0 Å². The van der Waals surface area contributed by atoms with Gasteiger partial charge in [-0.2, -0.15) is 0 Å². The summed E-state index contributed by atoms with van der Waals surface area (Å²) in [6.45, 7) is 11.2. The van der Waals surface area contributed by atoms with Gasteiger partial charge in [0.05, 0.1) is 11.2 Å². The molecule has 1 aliphatic carbocycles. The Morgan fingerprint density at radius 3 is 2.00 bits per heavy atom. The van der Waals surface area contributed by atoms with Crippen molar-refractivity contribution in [2.45, 2.75) is 83.5 Å². The van der Waals surface area contributed by atoms with Crippen LogP contribution in [0.1, 0.15) is 66.7 Å². The van der Waals surface area contributed by atoms with Gasteiger partial charge in [0.25, 0.3) is 0 Å². The van der Waals surface area contributed by atoms with Crippen LogP contribution in [-0.4, -0.2) is 16.7 Å². The summed E-state index contributed by atoms with van der Waals surface area (Å²) in [7, 11) is 0. The summed E-state index contributed by atoms with van der Waals surface area (Å²) in [6, 6.07) is 0. The highest BCUT2D eigenvalue weighted by molar-refractivity contribution is 5.07. The van der Waals surface area contributed by atoms with Crippen LogP contribution in [0.4, 0.5) is 0 Å². The first-order chi connectivity index (χ1) is 7.65. The lowest BCUT2D eigenvalue weighted by Gasteiger charge is -2.45. The van der Waals surface area contributed by atoms with Crippen LogP contribution in [0.3, 0.4) is 0 Å². The summed E-state index contributed by atoms with van der Waals surface area (Å²) in [5.74, 6) is 1.35. The molecule has 2 heteroatoms. The second-order valence-electron chi connectivity index (χ2n) is 7.64. The minimum atomic E-state index is -0.0706. The minimum Gasteiger partial charge on any atom is -0.369 e. The molecule has 0 spiro atoms. The average molecular weight is 239 g/mol. The van der Waals surface area contributed by atoms with Gasteiger partial charge in [-0.05, 0) is 65.7 Å². The zero-order valence-electron chi connectivity index (χ0n) is 12.2. The molecule has 100 valence electrons. The smallest absolute Gasteiger partial charge is 0.0680 e. The zero-order valence-corrected chi connectivity index (χ0v) is 12.2. The highest BCUT2D eigenvalue weighted by atomic mass is 16.5. The third kappa shape index (κ3) is 2.53. The van der Waals surface area contributed by atoms with Gasteiger partial charge in [0, 0.05) is 11.5 Å². The Balaban J connectivity index is 2.16. The quantitative estimate of drug-likeness (QED) is 0.760. The van der Waals surface area contributed by atoms with Crippen molar-refractivity contribution in [3.05, 3.63) is 0 Å². The number of ether oxygens (including phenoxy) is 1. The van der Waals surface area contributed by atoms with Crippen LogP contribution in [0, 0.1) is 11.8 Å². The monoisotopic (exact) mass is 239 g/mol. The summed E-state index contributed by atoms with van der Waals surface area (Å²) >= 11 is 0. The van der Waals surface area contributed by atoms with Gasteiger partial charge in [-0.3, -0.25) is 0 Å². The number of hydrogen-bond acceptors (Lipinski definition) is 2. The lowest BCUT2D eigenvalue weighted by atomic mass is 9.65. The lowest BCUT2D eigenvalue weighted by molar-refractivity contribution is -0.0845. The highest BCUT2D eigenvalue weighted by Gasteiger charge is 2.54. The van der Waals surface area contributed by atoms with E-state index in [1.54, 1.807) is 0 Å². The Kier molecular flexibility index (Phi) is 3.11. The van der Waals surface area contributed by atoms with Crippen LogP contribution in [0.5, 0.6) is 0 Å². The van der Waals surface area contributed by atoms with E-state index in [1.807, 2.05) is 0 Å². The van der Waals surface area contributed by atoms with Gasteiger partial charge in [-0.25, -0.2) is 0 Å². The second kappa shape index (κ2) is 3.96. The first-order valence-electron chi connectivity index (χ1n) is 7.14. The fourth-order valence-electron chi connectivity index (χ4n) is 4.11. The van der Waals surface area contributed by atoms with Gasteiger partial charge in [-0.15, -0.1) is 0 Å². The third-order valence-electron chi connectivity index (χ3n) is 4.97. The van der Waals surface area contributed by atoms with Gasteiger partial charge in [-0.1, -0.05) is 6.92 Å². The van der Waals surface area contributed by atoms with Crippen LogP contribution < -0.4 is 5.73 Å². The zero-order chi connectivity index (χ0) is 12.9. The molecular weight excluding hydrogens is 210 g/mol. The van der Waals surface area contributed by atoms with E-state index in [0.29, 0.717) is 5.92 Å². The van der Waals surface area contributed by atoms with E-state index in [0.717, 1.165) is 12.3 Å². The van der Waals surface area contributed by atoms with Crippen molar-refractivity contribution in [3.63, 3.8) is 0 Å². The van der Waals surface area contributed by atoms with Crippen LogP contribution in [0.25, 0.3) is 0 Å². The topological polar surface area (TPSA) is 35.2 Å². The molecule has 2 nitrogen and oxygen atoms in total. The van der Waals surface area contributed by atoms with E-state index in [2.05, 4.69) is 34.6 Å². The van der Waals surface area contributed by atoms with E-state index in [-0.39, 0.29) is 16.7 Å². The molecule has 0 aromatic carbocycles. The molecule has 1 saturated carbocycles. The number of rotatable bonds is 1. The first kappa shape index (κ1) is 13.4. The van der Waals surface area contributed by atoms with Gasteiger partial charge in [0.2, 0.25) is 0 Å². The maximum atomic E-state index is 6.74. The summed E-state index contributed by atoms with van der Waals surface area (Å²) in [4.78, 5) is 0. The third-order valence-corrected chi connectivity index (χ3v) is 4.97. The summed E-state index contributed by atoms with van der Waals surface area (Å²) in [6.07, 6.45) is 6.00. The Morgan fingerprint density at radius 1 is 1.06 bits per heavy atom. The molecule has 0 radical (unpaired) electrons. The summed E-state index contributed by atoms with van der Waals surface area (Å²) in [5.41, 5.74) is 6.67. The van der Waals surface area contributed by atoms with Crippen LogP contribution in [0.2, 0.25) is 0 Å². The molecular formula is C15H29NO.